The molecule has 2 fully saturated rings. The van der Waals surface area contributed by atoms with Crippen LogP contribution < -0.4 is 5.32 Å². The van der Waals surface area contributed by atoms with Gasteiger partial charge in [0.05, 0.1) is 0 Å². The molecule has 0 aromatic carbocycles. The summed E-state index contributed by atoms with van der Waals surface area (Å²) in [6.45, 7) is 1.83. The van der Waals surface area contributed by atoms with Gasteiger partial charge in [-0.05, 0) is 50.3 Å². The molecule has 2 aliphatic rings. The molecule has 3 rings (SSSR count). The summed E-state index contributed by atoms with van der Waals surface area (Å²) in [5.41, 5.74) is 1.13. The lowest BCUT2D eigenvalue weighted by Crippen LogP contribution is -2.37. The predicted molar refractivity (Wildman–Crippen MR) is 82.7 cm³/mol. The van der Waals surface area contributed by atoms with E-state index < -0.39 is 0 Å². The second-order valence-electron chi connectivity index (χ2n) is 6.30. The fourth-order valence-electron chi connectivity index (χ4n) is 3.11. The molecule has 1 saturated heterocycles. The van der Waals surface area contributed by atoms with Crippen LogP contribution in [0.15, 0.2) is 24.5 Å². The summed E-state index contributed by atoms with van der Waals surface area (Å²) in [5.74, 6) is 0.314. The Hall–Kier alpha value is -1.42. The van der Waals surface area contributed by atoms with Crippen molar-refractivity contribution in [2.75, 3.05) is 6.54 Å². The van der Waals surface area contributed by atoms with E-state index in [1.807, 2.05) is 12.3 Å². The zero-order valence-electron chi connectivity index (χ0n) is 12.6. The fraction of sp³-hybridized carbons (Fsp3) is 0.647. The number of rotatable bonds is 6. The third-order valence-electron chi connectivity index (χ3n) is 4.50. The lowest BCUT2D eigenvalue weighted by molar-refractivity contribution is -0.132. The van der Waals surface area contributed by atoms with E-state index in [9.17, 15) is 4.79 Å². The Morgan fingerprint density at radius 2 is 2.24 bits per heavy atom. The second kappa shape index (κ2) is 7.03. The molecule has 2 heterocycles. The molecular weight excluding hydrogens is 262 g/mol. The highest BCUT2D eigenvalue weighted by atomic mass is 16.2. The van der Waals surface area contributed by atoms with Crippen molar-refractivity contribution in [2.45, 2.75) is 63.6 Å². The zero-order chi connectivity index (χ0) is 14.5. The first-order valence-electron chi connectivity index (χ1n) is 8.24. The molecule has 1 atom stereocenters. The maximum absolute atomic E-state index is 12.5. The van der Waals surface area contributed by atoms with Gasteiger partial charge in [0.1, 0.15) is 0 Å². The minimum atomic E-state index is 0.314. The molecule has 0 spiro atoms. The van der Waals surface area contributed by atoms with E-state index in [2.05, 4.69) is 21.3 Å². The van der Waals surface area contributed by atoms with E-state index in [4.69, 9.17) is 0 Å². The lowest BCUT2D eigenvalue weighted by atomic mass is 10.0. The van der Waals surface area contributed by atoms with Crippen molar-refractivity contribution in [1.82, 2.24) is 15.2 Å². The van der Waals surface area contributed by atoms with E-state index in [1.54, 1.807) is 6.20 Å². The van der Waals surface area contributed by atoms with Crippen LogP contribution in [0.5, 0.6) is 0 Å². The number of aromatic nitrogens is 1. The number of nitrogens with zero attached hydrogens (tertiary/aromatic N) is 2. The maximum Gasteiger partial charge on any atom is 0.223 e. The minimum absolute atomic E-state index is 0.314. The molecule has 1 aliphatic heterocycles. The van der Waals surface area contributed by atoms with Gasteiger partial charge in [-0.25, -0.2) is 0 Å². The first-order valence-corrected chi connectivity index (χ1v) is 8.24. The van der Waals surface area contributed by atoms with Crippen LogP contribution >= 0.6 is 0 Å². The lowest BCUT2D eigenvalue weighted by Gasteiger charge is -2.26. The van der Waals surface area contributed by atoms with Crippen LogP contribution in [0.2, 0.25) is 0 Å². The van der Waals surface area contributed by atoms with E-state index >= 15 is 0 Å². The summed E-state index contributed by atoms with van der Waals surface area (Å²) in [6.07, 6.45) is 11.4. The van der Waals surface area contributed by atoms with Gasteiger partial charge in [-0.15, -0.1) is 0 Å². The zero-order valence-corrected chi connectivity index (χ0v) is 12.6. The Bertz CT molecular complexity index is 452. The van der Waals surface area contributed by atoms with Crippen LogP contribution in [0.3, 0.4) is 0 Å². The molecule has 1 saturated carbocycles. The van der Waals surface area contributed by atoms with Crippen LogP contribution in [0.1, 0.15) is 50.5 Å². The summed E-state index contributed by atoms with van der Waals surface area (Å²) in [4.78, 5) is 18.8. The third-order valence-corrected chi connectivity index (χ3v) is 4.50. The number of hydrogen-bond donors (Lipinski definition) is 1. The van der Waals surface area contributed by atoms with E-state index in [-0.39, 0.29) is 0 Å². The van der Waals surface area contributed by atoms with Crippen molar-refractivity contribution in [1.29, 1.82) is 0 Å². The summed E-state index contributed by atoms with van der Waals surface area (Å²) in [7, 11) is 0. The summed E-state index contributed by atoms with van der Waals surface area (Å²) < 4.78 is 0. The largest absolute Gasteiger partial charge is 0.335 e. The van der Waals surface area contributed by atoms with E-state index in [1.165, 1.54) is 19.3 Å². The van der Waals surface area contributed by atoms with Gasteiger partial charge in [0, 0.05) is 37.4 Å². The molecule has 114 valence electrons. The number of piperidine rings is 1. The Morgan fingerprint density at radius 1 is 1.33 bits per heavy atom. The van der Waals surface area contributed by atoms with Gasteiger partial charge < -0.3 is 10.2 Å². The molecule has 1 N–H and O–H groups in total. The monoisotopic (exact) mass is 287 g/mol. The second-order valence-corrected chi connectivity index (χ2v) is 6.30. The highest BCUT2D eigenvalue weighted by Gasteiger charge is 2.32. The van der Waals surface area contributed by atoms with Gasteiger partial charge in [-0.3, -0.25) is 9.78 Å². The fourth-order valence-corrected chi connectivity index (χ4v) is 3.11. The molecule has 4 heteroatoms. The van der Waals surface area contributed by atoms with E-state index in [0.29, 0.717) is 24.4 Å². The number of carbonyl (C=O) groups excluding carboxylic acids is 1. The van der Waals surface area contributed by atoms with Gasteiger partial charge in [0.15, 0.2) is 0 Å². The molecule has 21 heavy (non-hydrogen) atoms. The topological polar surface area (TPSA) is 45.2 Å². The average molecular weight is 287 g/mol. The molecule has 4 nitrogen and oxygen atoms in total. The highest BCUT2D eigenvalue weighted by Crippen LogP contribution is 2.29. The SMILES string of the molecule is O=C(CCC1CCCCN1)N(Cc1cccnc1)C1CC1. The molecular formula is C17H25N3O. The predicted octanol–water partition coefficient (Wildman–Crippen LogP) is 2.49. The van der Waals surface area contributed by atoms with Gasteiger partial charge in [-0.1, -0.05) is 12.5 Å². The first-order chi connectivity index (χ1) is 10.3. The van der Waals surface area contributed by atoms with Crippen LogP contribution in [0, 0.1) is 0 Å². The quantitative estimate of drug-likeness (QED) is 0.874. The summed E-state index contributed by atoms with van der Waals surface area (Å²) in [6, 6.07) is 5.01. The molecule has 0 radical (unpaired) electrons. The molecule has 1 aliphatic carbocycles. The number of nitrogens with one attached hydrogen (secondary N) is 1. The number of pyridine rings is 1. The number of amides is 1. The highest BCUT2D eigenvalue weighted by molar-refractivity contribution is 5.77. The number of hydrogen-bond acceptors (Lipinski definition) is 3. The third kappa shape index (κ3) is 4.27. The minimum Gasteiger partial charge on any atom is -0.335 e. The van der Waals surface area contributed by atoms with Crippen LogP contribution in [-0.4, -0.2) is 34.4 Å². The van der Waals surface area contributed by atoms with Crippen molar-refractivity contribution in [3.05, 3.63) is 30.1 Å². The Labute approximate surface area is 126 Å². The van der Waals surface area contributed by atoms with Gasteiger partial charge in [-0.2, -0.15) is 0 Å². The van der Waals surface area contributed by atoms with Crippen molar-refractivity contribution in [2.24, 2.45) is 0 Å². The van der Waals surface area contributed by atoms with Gasteiger partial charge in [0.25, 0.3) is 0 Å². The van der Waals surface area contributed by atoms with Gasteiger partial charge >= 0.3 is 0 Å². The van der Waals surface area contributed by atoms with Crippen molar-refractivity contribution < 1.29 is 4.79 Å². The molecule has 1 amide bonds. The first kappa shape index (κ1) is 14.5. The van der Waals surface area contributed by atoms with Crippen LogP contribution in [-0.2, 0) is 11.3 Å². The molecule has 1 aromatic heterocycles. The molecule has 1 unspecified atom stereocenters. The van der Waals surface area contributed by atoms with Crippen molar-refractivity contribution >= 4 is 5.91 Å². The van der Waals surface area contributed by atoms with Gasteiger partial charge in [0.2, 0.25) is 5.91 Å². The Balaban J connectivity index is 1.52. The Morgan fingerprint density at radius 3 is 2.90 bits per heavy atom. The number of carbonyl (C=O) groups is 1. The Kier molecular flexibility index (Phi) is 4.86. The summed E-state index contributed by atoms with van der Waals surface area (Å²) in [5, 5.41) is 3.53. The average Bonchev–Trinajstić information content (AvgIpc) is 3.37. The maximum atomic E-state index is 12.5. The standard InChI is InChI=1S/C17H25N3O/c21-17(9-6-15-5-1-2-11-19-15)20(16-7-8-16)13-14-4-3-10-18-12-14/h3-4,10,12,15-16,19H,1-2,5-9,11,13H2. The normalized spacial score (nSPS) is 22.0. The summed E-state index contributed by atoms with van der Waals surface area (Å²) >= 11 is 0. The van der Waals surface area contributed by atoms with Crippen molar-refractivity contribution in [3.8, 4) is 0 Å². The van der Waals surface area contributed by atoms with Crippen LogP contribution in [0.4, 0.5) is 0 Å². The smallest absolute Gasteiger partial charge is 0.223 e. The molecule has 0 bridgehead atoms. The molecule has 1 aromatic rings. The van der Waals surface area contributed by atoms with Crippen LogP contribution in [0.25, 0.3) is 0 Å². The van der Waals surface area contributed by atoms with E-state index in [0.717, 1.165) is 37.9 Å². The van der Waals surface area contributed by atoms with Crippen molar-refractivity contribution in [3.63, 3.8) is 0 Å².